The molecule has 0 bridgehead atoms. The van der Waals surface area contributed by atoms with Gasteiger partial charge in [0.2, 0.25) is 11.8 Å². The molecule has 0 aliphatic carbocycles. The summed E-state index contributed by atoms with van der Waals surface area (Å²) >= 11 is 0. The van der Waals surface area contributed by atoms with Gasteiger partial charge in [0.25, 0.3) is 0 Å². The van der Waals surface area contributed by atoms with Crippen molar-refractivity contribution in [2.75, 3.05) is 38.0 Å². The molecule has 0 atom stereocenters. The maximum absolute atomic E-state index is 12.1. The van der Waals surface area contributed by atoms with Crippen LogP contribution in [-0.4, -0.2) is 54.3 Å². The minimum atomic E-state index is -0.0987. The van der Waals surface area contributed by atoms with Gasteiger partial charge in [-0.05, 0) is 12.1 Å². The number of nitriles is 1. The number of piperazine rings is 1. The third kappa shape index (κ3) is 4.80. The molecule has 1 aromatic rings. The number of hydrogen-bond acceptors (Lipinski definition) is 4. The van der Waals surface area contributed by atoms with Gasteiger partial charge in [0.05, 0.1) is 11.3 Å². The van der Waals surface area contributed by atoms with Crippen molar-refractivity contribution in [3.8, 4) is 6.07 Å². The predicted molar refractivity (Wildman–Crippen MR) is 92.3 cm³/mol. The summed E-state index contributed by atoms with van der Waals surface area (Å²) in [5.74, 6) is 0.126. The number of amides is 2. The number of benzene rings is 1. The van der Waals surface area contributed by atoms with Crippen LogP contribution in [0.15, 0.2) is 24.3 Å². The number of anilines is 1. The highest BCUT2D eigenvalue weighted by molar-refractivity contribution is 5.92. The van der Waals surface area contributed by atoms with Crippen LogP contribution in [0.1, 0.15) is 25.8 Å². The summed E-state index contributed by atoms with van der Waals surface area (Å²) < 4.78 is 0. The second-order valence-corrected chi connectivity index (χ2v) is 6.28. The Hall–Kier alpha value is -2.39. The first kappa shape index (κ1) is 18.0. The molecule has 1 fully saturated rings. The standard InChI is InChI=1S/C18H24N4O2/c1-14(2)18(24)22-11-9-21(10-12-22)8-7-17(23)20-16-6-4-3-5-15(16)13-19/h3-6,14H,7-12H2,1-2H3,(H,20,23). The highest BCUT2D eigenvalue weighted by atomic mass is 16.2. The normalized spacial score (nSPS) is 15.2. The molecular formula is C18H24N4O2. The van der Waals surface area contributed by atoms with Gasteiger partial charge in [-0.25, -0.2) is 0 Å². The number of nitrogens with one attached hydrogen (secondary N) is 1. The summed E-state index contributed by atoms with van der Waals surface area (Å²) in [5, 5.41) is 11.8. The molecule has 1 aliphatic heterocycles. The molecule has 0 radical (unpaired) electrons. The predicted octanol–water partition coefficient (Wildman–Crippen LogP) is 1.69. The van der Waals surface area contributed by atoms with Crippen LogP contribution in [0.25, 0.3) is 0 Å². The van der Waals surface area contributed by atoms with E-state index >= 15 is 0 Å². The molecule has 0 saturated carbocycles. The molecule has 0 unspecified atom stereocenters. The molecule has 0 spiro atoms. The fourth-order valence-electron chi connectivity index (χ4n) is 2.72. The van der Waals surface area contributed by atoms with Crippen molar-refractivity contribution in [3.05, 3.63) is 29.8 Å². The number of nitrogens with zero attached hydrogens (tertiary/aromatic N) is 3. The van der Waals surface area contributed by atoms with E-state index in [9.17, 15) is 9.59 Å². The summed E-state index contributed by atoms with van der Waals surface area (Å²) in [5.41, 5.74) is 1.02. The lowest BCUT2D eigenvalue weighted by Gasteiger charge is -2.35. The van der Waals surface area contributed by atoms with Gasteiger partial charge >= 0.3 is 0 Å². The van der Waals surface area contributed by atoms with Crippen molar-refractivity contribution in [3.63, 3.8) is 0 Å². The Balaban J connectivity index is 1.76. The molecule has 1 N–H and O–H groups in total. The average molecular weight is 328 g/mol. The maximum atomic E-state index is 12.1. The van der Waals surface area contributed by atoms with Gasteiger partial charge in [-0.15, -0.1) is 0 Å². The van der Waals surface area contributed by atoms with Crippen molar-refractivity contribution < 1.29 is 9.59 Å². The van der Waals surface area contributed by atoms with Crippen LogP contribution in [0.2, 0.25) is 0 Å². The molecule has 6 nitrogen and oxygen atoms in total. The number of carbonyl (C=O) groups excluding carboxylic acids is 2. The first-order valence-corrected chi connectivity index (χ1v) is 8.31. The third-order valence-electron chi connectivity index (χ3n) is 4.15. The van der Waals surface area contributed by atoms with E-state index in [-0.39, 0.29) is 17.7 Å². The Bertz CT molecular complexity index is 628. The summed E-state index contributed by atoms with van der Waals surface area (Å²) in [4.78, 5) is 28.1. The zero-order chi connectivity index (χ0) is 17.5. The largest absolute Gasteiger partial charge is 0.340 e. The molecule has 1 heterocycles. The van der Waals surface area contributed by atoms with Crippen LogP contribution in [-0.2, 0) is 9.59 Å². The Kier molecular flexibility index (Phi) is 6.33. The Morgan fingerprint density at radius 2 is 1.88 bits per heavy atom. The van der Waals surface area contributed by atoms with Crippen molar-refractivity contribution in [1.29, 1.82) is 5.26 Å². The van der Waals surface area contributed by atoms with Gasteiger partial charge in [0.1, 0.15) is 6.07 Å². The summed E-state index contributed by atoms with van der Waals surface area (Å²) in [6, 6.07) is 9.04. The van der Waals surface area contributed by atoms with E-state index in [4.69, 9.17) is 5.26 Å². The third-order valence-corrected chi connectivity index (χ3v) is 4.15. The molecule has 24 heavy (non-hydrogen) atoms. The van der Waals surface area contributed by atoms with E-state index in [0.717, 1.165) is 26.2 Å². The number of rotatable bonds is 5. The van der Waals surface area contributed by atoms with Crippen LogP contribution in [0.4, 0.5) is 5.69 Å². The van der Waals surface area contributed by atoms with E-state index in [0.29, 0.717) is 24.2 Å². The lowest BCUT2D eigenvalue weighted by Crippen LogP contribution is -2.50. The molecular weight excluding hydrogens is 304 g/mol. The van der Waals surface area contributed by atoms with Gasteiger partial charge < -0.3 is 10.2 Å². The van der Waals surface area contributed by atoms with E-state index < -0.39 is 0 Å². The SMILES string of the molecule is CC(C)C(=O)N1CCN(CCC(=O)Nc2ccccc2C#N)CC1. The number of carbonyl (C=O) groups is 2. The molecule has 0 aromatic heterocycles. The summed E-state index contributed by atoms with van der Waals surface area (Å²) in [7, 11) is 0. The molecule has 2 amide bonds. The Morgan fingerprint density at radius 1 is 1.21 bits per heavy atom. The van der Waals surface area contributed by atoms with Gasteiger partial charge in [-0.2, -0.15) is 5.26 Å². The molecule has 1 aromatic carbocycles. The van der Waals surface area contributed by atoms with E-state index in [1.807, 2.05) is 18.7 Å². The van der Waals surface area contributed by atoms with Crippen molar-refractivity contribution in [2.24, 2.45) is 5.92 Å². The maximum Gasteiger partial charge on any atom is 0.225 e. The summed E-state index contributed by atoms with van der Waals surface area (Å²) in [6.07, 6.45) is 0.373. The number of hydrogen-bond donors (Lipinski definition) is 1. The quantitative estimate of drug-likeness (QED) is 0.892. The van der Waals surface area contributed by atoms with Crippen LogP contribution in [0.5, 0.6) is 0 Å². The Morgan fingerprint density at radius 3 is 2.50 bits per heavy atom. The molecule has 1 aliphatic rings. The molecule has 128 valence electrons. The van der Waals surface area contributed by atoms with Gasteiger partial charge in [-0.3, -0.25) is 14.5 Å². The van der Waals surface area contributed by atoms with E-state index in [2.05, 4.69) is 16.3 Å². The fourth-order valence-corrected chi connectivity index (χ4v) is 2.72. The zero-order valence-corrected chi connectivity index (χ0v) is 14.3. The first-order chi connectivity index (χ1) is 11.5. The van der Waals surface area contributed by atoms with E-state index in [1.54, 1.807) is 24.3 Å². The van der Waals surface area contributed by atoms with Crippen molar-refractivity contribution in [2.45, 2.75) is 20.3 Å². The van der Waals surface area contributed by atoms with Gasteiger partial charge in [-0.1, -0.05) is 26.0 Å². The van der Waals surface area contributed by atoms with Crippen LogP contribution in [0, 0.1) is 17.2 Å². The molecule has 6 heteroatoms. The highest BCUT2D eigenvalue weighted by Gasteiger charge is 2.22. The average Bonchev–Trinajstić information content (AvgIpc) is 2.60. The van der Waals surface area contributed by atoms with E-state index in [1.165, 1.54) is 0 Å². The zero-order valence-electron chi connectivity index (χ0n) is 14.3. The highest BCUT2D eigenvalue weighted by Crippen LogP contribution is 2.14. The topological polar surface area (TPSA) is 76.4 Å². The van der Waals surface area contributed by atoms with Crippen molar-refractivity contribution in [1.82, 2.24) is 9.80 Å². The van der Waals surface area contributed by atoms with Crippen molar-refractivity contribution >= 4 is 17.5 Å². The monoisotopic (exact) mass is 328 g/mol. The fraction of sp³-hybridized carbons (Fsp3) is 0.500. The second-order valence-electron chi connectivity index (χ2n) is 6.28. The minimum absolute atomic E-state index is 0.0301. The van der Waals surface area contributed by atoms with Crippen LogP contribution in [0.3, 0.4) is 0 Å². The second kappa shape index (κ2) is 8.46. The lowest BCUT2D eigenvalue weighted by molar-refractivity contribution is -0.136. The summed E-state index contributed by atoms with van der Waals surface area (Å²) in [6.45, 7) is 7.51. The molecule has 2 rings (SSSR count). The van der Waals surface area contributed by atoms with Gasteiger partial charge in [0.15, 0.2) is 0 Å². The van der Waals surface area contributed by atoms with Crippen LogP contribution < -0.4 is 5.32 Å². The molecule has 1 saturated heterocycles. The number of para-hydroxylation sites is 1. The lowest BCUT2D eigenvalue weighted by atomic mass is 10.1. The smallest absolute Gasteiger partial charge is 0.225 e. The minimum Gasteiger partial charge on any atom is -0.340 e. The van der Waals surface area contributed by atoms with Crippen LogP contribution >= 0.6 is 0 Å². The van der Waals surface area contributed by atoms with Gasteiger partial charge in [0, 0.05) is 45.1 Å². The first-order valence-electron chi connectivity index (χ1n) is 8.31. The Labute approximate surface area is 143 Å².